The van der Waals surface area contributed by atoms with Crippen LogP contribution in [0.5, 0.6) is 0 Å². The van der Waals surface area contributed by atoms with Gasteiger partial charge in [-0.1, -0.05) is 23.7 Å². The van der Waals surface area contributed by atoms with Crippen LogP contribution in [0.25, 0.3) is 0 Å². The molecular weight excluding hydrogens is 334 g/mol. The zero-order valence-electron chi connectivity index (χ0n) is 13.1. The Balaban J connectivity index is 2.01. The van der Waals surface area contributed by atoms with Gasteiger partial charge in [-0.05, 0) is 31.5 Å². The molecule has 0 spiro atoms. The van der Waals surface area contributed by atoms with E-state index in [0.717, 1.165) is 0 Å². The Morgan fingerprint density at radius 3 is 2.88 bits per heavy atom. The molecule has 0 bridgehead atoms. The third-order valence-electron chi connectivity index (χ3n) is 3.18. The Morgan fingerprint density at radius 2 is 2.21 bits per heavy atom. The minimum Gasteiger partial charge on any atom is -0.452 e. The van der Waals surface area contributed by atoms with E-state index in [9.17, 15) is 9.59 Å². The van der Waals surface area contributed by atoms with Crippen molar-refractivity contribution in [3.63, 3.8) is 0 Å². The quantitative estimate of drug-likeness (QED) is 0.834. The molecule has 0 saturated heterocycles. The molecule has 0 saturated carbocycles. The van der Waals surface area contributed by atoms with Crippen LogP contribution in [0.15, 0.2) is 22.7 Å². The monoisotopic (exact) mass is 347 g/mol. The van der Waals surface area contributed by atoms with Crippen LogP contribution in [0, 0.1) is 18.3 Å². The number of nitriles is 1. The Labute approximate surface area is 143 Å². The van der Waals surface area contributed by atoms with E-state index >= 15 is 0 Å². The second kappa shape index (κ2) is 7.62. The number of hydrogen-bond donors (Lipinski definition) is 1. The van der Waals surface area contributed by atoms with E-state index < -0.39 is 18.5 Å². The first-order valence-corrected chi connectivity index (χ1v) is 7.45. The lowest BCUT2D eigenvalue weighted by Crippen LogP contribution is -2.22. The highest BCUT2D eigenvalue weighted by Crippen LogP contribution is 2.20. The van der Waals surface area contributed by atoms with Crippen molar-refractivity contribution >= 4 is 29.2 Å². The molecule has 0 radical (unpaired) electrons. The highest BCUT2D eigenvalue weighted by atomic mass is 35.5. The summed E-state index contributed by atoms with van der Waals surface area (Å²) in [7, 11) is 0. The van der Waals surface area contributed by atoms with Crippen LogP contribution >= 0.6 is 11.6 Å². The number of nitrogens with one attached hydrogen (secondary N) is 1. The first-order chi connectivity index (χ1) is 11.5. The zero-order chi connectivity index (χ0) is 17.7. The topological polar surface area (TPSA) is 105 Å². The number of carbonyl (C=O) groups is 2. The van der Waals surface area contributed by atoms with Gasteiger partial charge < -0.3 is 14.6 Å². The van der Waals surface area contributed by atoms with Crippen LogP contribution in [-0.2, 0) is 16.0 Å². The summed E-state index contributed by atoms with van der Waals surface area (Å²) in [5.41, 5.74) is 1.20. The van der Waals surface area contributed by atoms with Gasteiger partial charge in [-0.25, -0.2) is 4.79 Å². The molecule has 2 rings (SSSR count). The van der Waals surface area contributed by atoms with E-state index in [1.807, 2.05) is 13.0 Å². The Hall–Kier alpha value is -2.85. The number of amides is 1. The maximum absolute atomic E-state index is 12.1. The second-order valence-electron chi connectivity index (χ2n) is 4.84. The molecule has 1 aromatic carbocycles. The zero-order valence-corrected chi connectivity index (χ0v) is 13.8. The van der Waals surface area contributed by atoms with E-state index in [0.29, 0.717) is 22.9 Å². The predicted octanol–water partition coefficient (Wildman–Crippen LogP) is 2.87. The summed E-state index contributed by atoms with van der Waals surface area (Å²) in [6.07, 6.45) is 0.502. The van der Waals surface area contributed by atoms with Gasteiger partial charge in [-0.2, -0.15) is 5.26 Å². The van der Waals surface area contributed by atoms with Gasteiger partial charge >= 0.3 is 5.97 Å². The molecule has 7 nitrogen and oxygen atoms in total. The number of rotatable bonds is 5. The number of hydrogen-bond acceptors (Lipinski definition) is 6. The average molecular weight is 348 g/mol. The molecule has 124 valence electrons. The van der Waals surface area contributed by atoms with Gasteiger partial charge in [0.25, 0.3) is 5.91 Å². The molecule has 8 heteroatoms. The smallest absolute Gasteiger partial charge is 0.344 e. The third-order valence-corrected chi connectivity index (χ3v) is 3.42. The lowest BCUT2D eigenvalue weighted by atomic mass is 10.1. The van der Waals surface area contributed by atoms with Crippen molar-refractivity contribution in [3.8, 4) is 6.07 Å². The van der Waals surface area contributed by atoms with Crippen molar-refractivity contribution < 1.29 is 18.8 Å². The number of aromatic nitrogens is 1. The third kappa shape index (κ3) is 3.91. The fourth-order valence-corrected chi connectivity index (χ4v) is 2.20. The molecule has 0 unspecified atom stereocenters. The van der Waals surface area contributed by atoms with Gasteiger partial charge in [0.05, 0.1) is 16.9 Å². The summed E-state index contributed by atoms with van der Waals surface area (Å²) in [5, 5.41) is 15.6. The van der Waals surface area contributed by atoms with Crippen LogP contribution in [0.3, 0.4) is 0 Å². The lowest BCUT2D eigenvalue weighted by Gasteiger charge is -2.08. The van der Waals surface area contributed by atoms with Crippen LogP contribution in [0.2, 0.25) is 5.02 Å². The maximum Gasteiger partial charge on any atom is 0.344 e. The minimum atomic E-state index is -0.688. The summed E-state index contributed by atoms with van der Waals surface area (Å²) in [4.78, 5) is 24.0. The number of benzene rings is 1. The molecule has 0 fully saturated rings. The molecular formula is C16H14ClN3O4. The van der Waals surface area contributed by atoms with Crippen molar-refractivity contribution in [2.75, 3.05) is 11.9 Å². The molecule has 1 N–H and O–H groups in total. The summed E-state index contributed by atoms with van der Waals surface area (Å²) in [5.74, 6) is -0.944. The summed E-state index contributed by atoms with van der Waals surface area (Å²) >= 11 is 5.84. The van der Waals surface area contributed by atoms with Crippen LogP contribution in [0.4, 0.5) is 5.69 Å². The van der Waals surface area contributed by atoms with Crippen LogP contribution in [0.1, 0.15) is 34.3 Å². The number of halogens is 1. The number of carbonyl (C=O) groups excluding carboxylic acids is 2. The van der Waals surface area contributed by atoms with Crippen molar-refractivity contribution in [2.24, 2.45) is 0 Å². The number of anilines is 1. The standard InChI is InChI=1S/C16H14ClN3O4/c1-3-12-15(9(2)24-20-12)16(22)23-8-14(21)19-13-6-11(17)5-4-10(13)7-18/h4-6H,3,8H2,1-2H3,(H,19,21). The van der Waals surface area contributed by atoms with Crippen molar-refractivity contribution in [1.29, 1.82) is 5.26 Å². The van der Waals surface area contributed by atoms with E-state index in [2.05, 4.69) is 10.5 Å². The molecule has 0 atom stereocenters. The molecule has 2 aromatic rings. The SMILES string of the molecule is CCc1noc(C)c1C(=O)OCC(=O)Nc1cc(Cl)ccc1C#N. The van der Waals surface area contributed by atoms with Gasteiger partial charge in [0.15, 0.2) is 6.61 Å². The van der Waals surface area contributed by atoms with E-state index in [4.69, 9.17) is 26.1 Å². The Morgan fingerprint density at radius 1 is 1.46 bits per heavy atom. The number of ether oxygens (including phenoxy) is 1. The summed E-state index contributed by atoms with van der Waals surface area (Å²) in [6, 6.07) is 6.40. The van der Waals surface area contributed by atoms with Gasteiger partial charge in [0.1, 0.15) is 17.4 Å². The number of aryl methyl sites for hydroxylation is 2. The molecule has 1 aromatic heterocycles. The van der Waals surface area contributed by atoms with E-state index in [1.165, 1.54) is 18.2 Å². The highest BCUT2D eigenvalue weighted by Gasteiger charge is 2.21. The lowest BCUT2D eigenvalue weighted by molar-refractivity contribution is -0.119. The first-order valence-electron chi connectivity index (χ1n) is 7.08. The van der Waals surface area contributed by atoms with Crippen molar-refractivity contribution in [3.05, 3.63) is 45.8 Å². The van der Waals surface area contributed by atoms with Crippen molar-refractivity contribution in [2.45, 2.75) is 20.3 Å². The van der Waals surface area contributed by atoms with Gasteiger partial charge in [0, 0.05) is 5.02 Å². The Bertz CT molecular complexity index is 823. The average Bonchev–Trinajstić information content (AvgIpc) is 2.93. The van der Waals surface area contributed by atoms with Gasteiger partial charge in [-0.15, -0.1) is 0 Å². The predicted molar refractivity (Wildman–Crippen MR) is 85.7 cm³/mol. The molecule has 0 aliphatic carbocycles. The largest absolute Gasteiger partial charge is 0.452 e. The maximum atomic E-state index is 12.1. The van der Waals surface area contributed by atoms with Crippen LogP contribution in [-0.4, -0.2) is 23.6 Å². The highest BCUT2D eigenvalue weighted by molar-refractivity contribution is 6.31. The summed E-state index contributed by atoms with van der Waals surface area (Å²) in [6.45, 7) is 2.90. The fourth-order valence-electron chi connectivity index (χ4n) is 2.03. The van der Waals surface area contributed by atoms with E-state index in [-0.39, 0.29) is 16.8 Å². The molecule has 0 aliphatic heterocycles. The Kier molecular flexibility index (Phi) is 5.55. The first kappa shape index (κ1) is 17.5. The number of nitrogens with zero attached hydrogens (tertiary/aromatic N) is 2. The summed E-state index contributed by atoms with van der Waals surface area (Å²) < 4.78 is 9.93. The number of esters is 1. The molecule has 1 heterocycles. The van der Waals surface area contributed by atoms with E-state index in [1.54, 1.807) is 6.92 Å². The van der Waals surface area contributed by atoms with Gasteiger partial charge in [0.2, 0.25) is 0 Å². The van der Waals surface area contributed by atoms with Crippen LogP contribution < -0.4 is 5.32 Å². The molecule has 24 heavy (non-hydrogen) atoms. The normalized spacial score (nSPS) is 10.1. The molecule has 1 amide bonds. The minimum absolute atomic E-state index is 0.228. The fraction of sp³-hybridized carbons (Fsp3) is 0.250. The van der Waals surface area contributed by atoms with Gasteiger partial charge in [-0.3, -0.25) is 4.79 Å². The molecule has 0 aliphatic rings. The second-order valence-corrected chi connectivity index (χ2v) is 5.28. The van der Waals surface area contributed by atoms with Crippen molar-refractivity contribution in [1.82, 2.24) is 5.16 Å².